The number of rotatable bonds is 5. The Morgan fingerprint density at radius 3 is 2.59 bits per heavy atom. The molecule has 0 saturated heterocycles. The Bertz CT molecular complexity index is 447. The normalized spacial score (nSPS) is 10.9. The van der Waals surface area contributed by atoms with Crippen LogP contribution in [0.5, 0.6) is 11.5 Å². The molecule has 0 aromatic heterocycles. The minimum Gasteiger partial charge on any atom is -0.497 e. The van der Waals surface area contributed by atoms with Crippen LogP contribution in [-0.2, 0) is 4.79 Å². The molecule has 0 atom stereocenters. The number of hydrogen-bond donors (Lipinski definition) is 1. The predicted molar refractivity (Wildman–Crippen MR) is 65.4 cm³/mol. The summed E-state index contributed by atoms with van der Waals surface area (Å²) in [5, 5.41) is 8.42. The van der Waals surface area contributed by atoms with Gasteiger partial charge in [-0.3, -0.25) is 0 Å². The highest BCUT2D eigenvalue weighted by Gasteiger charge is 2.00. The van der Waals surface area contributed by atoms with Crippen LogP contribution in [0.25, 0.3) is 6.08 Å². The van der Waals surface area contributed by atoms with Crippen LogP contribution in [-0.4, -0.2) is 25.3 Å². The van der Waals surface area contributed by atoms with Gasteiger partial charge in [-0.05, 0) is 12.1 Å². The zero-order valence-corrected chi connectivity index (χ0v) is 9.71. The number of carboxylic acid groups (broad SMARTS) is 1. The summed E-state index contributed by atoms with van der Waals surface area (Å²) in [7, 11) is 3.15. The molecular formula is C13H14O4. The molecule has 0 aliphatic rings. The molecule has 1 N–H and O–H groups in total. The molecule has 4 heteroatoms. The molecule has 0 amide bonds. The van der Waals surface area contributed by atoms with Crippen molar-refractivity contribution in [2.75, 3.05) is 14.2 Å². The van der Waals surface area contributed by atoms with Gasteiger partial charge in [0.2, 0.25) is 0 Å². The van der Waals surface area contributed by atoms with E-state index in [9.17, 15) is 4.79 Å². The van der Waals surface area contributed by atoms with Gasteiger partial charge in [-0.2, -0.15) is 0 Å². The average molecular weight is 234 g/mol. The largest absolute Gasteiger partial charge is 0.497 e. The monoisotopic (exact) mass is 234 g/mol. The lowest BCUT2D eigenvalue weighted by Gasteiger charge is -2.06. The van der Waals surface area contributed by atoms with Crippen molar-refractivity contribution in [1.29, 1.82) is 0 Å². The molecule has 4 nitrogen and oxygen atoms in total. The van der Waals surface area contributed by atoms with E-state index in [0.717, 1.165) is 11.6 Å². The molecule has 0 spiro atoms. The Morgan fingerprint density at radius 1 is 1.24 bits per heavy atom. The van der Waals surface area contributed by atoms with Crippen molar-refractivity contribution in [2.24, 2.45) is 0 Å². The highest BCUT2D eigenvalue weighted by Crippen LogP contribution is 2.25. The average Bonchev–Trinajstić information content (AvgIpc) is 2.34. The van der Waals surface area contributed by atoms with E-state index in [2.05, 4.69) is 0 Å². The van der Waals surface area contributed by atoms with E-state index in [1.165, 1.54) is 6.08 Å². The van der Waals surface area contributed by atoms with E-state index < -0.39 is 5.97 Å². The van der Waals surface area contributed by atoms with Gasteiger partial charge in [0.05, 0.1) is 14.2 Å². The topological polar surface area (TPSA) is 55.8 Å². The van der Waals surface area contributed by atoms with Crippen LogP contribution >= 0.6 is 0 Å². The first-order valence-electron chi connectivity index (χ1n) is 4.97. The molecule has 0 fully saturated rings. The van der Waals surface area contributed by atoms with Crippen molar-refractivity contribution in [3.8, 4) is 11.5 Å². The smallest absolute Gasteiger partial charge is 0.328 e. The predicted octanol–water partition coefficient (Wildman–Crippen LogP) is 2.36. The molecule has 17 heavy (non-hydrogen) atoms. The Balaban J connectivity index is 2.87. The lowest BCUT2D eigenvalue weighted by Crippen LogP contribution is -1.89. The van der Waals surface area contributed by atoms with Crippen LogP contribution in [0, 0.1) is 0 Å². The van der Waals surface area contributed by atoms with Crippen LogP contribution in [0.3, 0.4) is 0 Å². The first-order valence-corrected chi connectivity index (χ1v) is 4.97. The molecule has 0 unspecified atom stereocenters. The summed E-state index contributed by atoms with van der Waals surface area (Å²) in [5.41, 5.74) is 0.850. The number of hydrogen-bond acceptors (Lipinski definition) is 3. The van der Waals surface area contributed by atoms with E-state index in [-0.39, 0.29) is 0 Å². The van der Waals surface area contributed by atoms with Gasteiger partial charge in [-0.25, -0.2) is 4.79 Å². The molecule has 1 aromatic carbocycles. The van der Waals surface area contributed by atoms with Gasteiger partial charge in [0.25, 0.3) is 0 Å². The van der Waals surface area contributed by atoms with Crippen molar-refractivity contribution < 1.29 is 19.4 Å². The second-order valence-corrected chi connectivity index (χ2v) is 3.16. The van der Waals surface area contributed by atoms with Gasteiger partial charge in [0.15, 0.2) is 0 Å². The third-order valence-corrected chi connectivity index (χ3v) is 2.07. The number of carboxylic acids is 1. The molecule has 90 valence electrons. The Kier molecular flexibility index (Phi) is 4.81. The minimum atomic E-state index is -0.976. The summed E-state index contributed by atoms with van der Waals surface area (Å²) in [6.07, 6.45) is 5.91. The first-order chi connectivity index (χ1) is 8.17. The van der Waals surface area contributed by atoms with E-state index >= 15 is 0 Å². The standard InChI is InChI=1S/C13H14O4/c1-16-11-8-7-10(12(9-11)17-2)5-3-4-6-13(14)15/h3-9H,1-2H3,(H,14,15). The summed E-state index contributed by atoms with van der Waals surface area (Å²) < 4.78 is 10.3. The van der Waals surface area contributed by atoms with Crippen LogP contribution < -0.4 is 9.47 Å². The van der Waals surface area contributed by atoms with E-state index in [4.69, 9.17) is 14.6 Å². The third kappa shape index (κ3) is 4.03. The summed E-state index contributed by atoms with van der Waals surface area (Å²) >= 11 is 0. The van der Waals surface area contributed by atoms with Crippen molar-refractivity contribution >= 4 is 12.0 Å². The SMILES string of the molecule is COc1ccc(C=CC=CC(=O)O)c(OC)c1. The fraction of sp³-hybridized carbons (Fsp3) is 0.154. The molecule has 1 rings (SSSR count). The molecule has 0 saturated carbocycles. The second-order valence-electron chi connectivity index (χ2n) is 3.16. The third-order valence-electron chi connectivity index (χ3n) is 2.07. The van der Waals surface area contributed by atoms with Crippen LogP contribution in [0.2, 0.25) is 0 Å². The summed E-state index contributed by atoms with van der Waals surface area (Å²) in [5.74, 6) is 0.403. The van der Waals surface area contributed by atoms with Crippen LogP contribution in [0.1, 0.15) is 5.56 Å². The summed E-state index contributed by atoms with van der Waals surface area (Å²) in [4.78, 5) is 10.3. The van der Waals surface area contributed by atoms with Crippen molar-refractivity contribution in [3.63, 3.8) is 0 Å². The molecule has 0 aliphatic heterocycles. The quantitative estimate of drug-likeness (QED) is 0.627. The fourth-order valence-corrected chi connectivity index (χ4v) is 1.25. The number of ether oxygens (including phenoxy) is 2. The minimum absolute atomic E-state index is 0.671. The molecule has 1 aromatic rings. The summed E-state index contributed by atoms with van der Waals surface area (Å²) in [6.45, 7) is 0. The molecule has 0 aliphatic carbocycles. The lowest BCUT2D eigenvalue weighted by atomic mass is 10.1. The van der Waals surface area contributed by atoms with Gasteiger partial charge in [-0.1, -0.05) is 18.2 Å². The zero-order chi connectivity index (χ0) is 12.7. The number of allylic oxidation sites excluding steroid dienone is 2. The maximum absolute atomic E-state index is 10.3. The van der Waals surface area contributed by atoms with E-state index in [1.807, 2.05) is 12.1 Å². The van der Waals surface area contributed by atoms with Gasteiger partial charge in [-0.15, -0.1) is 0 Å². The number of carbonyl (C=O) groups is 1. The Hall–Kier alpha value is -2.23. The summed E-state index contributed by atoms with van der Waals surface area (Å²) in [6, 6.07) is 5.41. The zero-order valence-electron chi connectivity index (χ0n) is 9.71. The van der Waals surface area contributed by atoms with Gasteiger partial charge in [0, 0.05) is 17.7 Å². The number of aliphatic carboxylic acids is 1. The van der Waals surface area contributed by atoms with Crippen molar-refractivity contribution in [1.82, 2.24) is 0 Å². The highest BCUT2D eigenvalue weighted by molar-refractivity contribution is 5.80. The Morgan fingerprint density at radius 2 is 2.00 bits per heavy atom. The van der Waals surface area contributed by atoms with Gasteiger partial charge < -0.3 is 14.6 Å². The first kappa shape index (κ1) is 12.8. The van der Waals surface area contributed by atoms with E-state index in [0.29, 0.717) is 11.5 Å². The van der Waals surface area contributed by atoms with Crippen LogP contribution in [0.4, 0.5) is 0 Å². The number of benzene rings is 1. The van der Waals surface area contributed by atoms with Crippen molar-refractivity contribution in [3.05, 3.63) is 42.0 Å². The van der Waals surface area contributed by atoms with Gasteiger partial charge >= 0.3 is 5.97 Å². The lowest BCUT2D eigenvalue weighted by molar-refractivity contribution is -0.131. The maximum Gasteiger partial charge on any atom is 0.328 e. The molecular weight excluding hydrogens is 220 g/mol. The molecule has 0 bridgehead atoms. The molecule has 0 radical (unpaired) electrons. The molecule has 0 heterocycles. The highest BCUT2D eigenvalue weighted by atomic mass is 16.5. The van der Waals surface area contributed by atoms with Crippen LogP contribution in [0.15, 0.2) is 36.4 Å². The fourth-order valence-electron chi connectivity index (χ4n) is 1.25. The maximum atomic E-state index is 10.3. The number of methoxy groups -OCH3 is 2. The van der Waals surface area contributed by atoms with E-state index in [1.54, 1.807) is 32.4 Å². The van der Waals surface area contributed by atoms with Gasteiger partial charge in [0.1, 0.15) is 11.5 Å². The second kappa shape index (κ2) is 6.37. The Labute approximate surface area is 99.8 Å². The van der Waals surface area contributed by atoms with Crippen molar-refractivity contribution in [2.45, 2.75) is 0 Å².